The zero-order valence-electron chi connectivity index (χ0n) is 2.80. The maximum Gasteiger partial charge on any atom is 0 e. The van der Waals surface area contributed by atoms with Crippen molar-refractivity contribution in [2.75, 3.05) is 0 Å². The van der Waals surface area contributed by atoms with Gasteiger partial charge in [0, 0.05) is 141 Å². The third-order valence-corrected chi connectivity index (χ3v) is 0. The molecule has 0 spiro atoms. The summed E-state index contributed by atoms with van der Waals surface area (Å²) in [5.74, 6) is 0. The Hall–Kier alpha value is 4.51. The van der Waals surface area contributed by atoms with Gasteiger partial charge in [0.2, 0.25) is 0 Å². The molecule has 0 aromatic carbocycles. The molecule has 0 bridgehead atoms. The van der Waals surface area contributed by atoms with Crippen LogP contribution < -0.4 is 0 Å². The van der Waals surface area contributed by atoms with Crippen LogP contribution in [0.5, 0.6) is 0 Å². The van der Waals surface area contributed by atoms with Crippen molar-refractivity contribution in [2.45, 2.75) is 0 Å². The molecule has 50 valence electrons. The van der Waals surface area contributed by atoms with E-state index in [2.05, 4.69) is 0 Å². The predicted molar refractivity (Wildman–Crippen MR) is 0 cm³/mol. The van der Waals surface area contributed by atoms with Gasteiger partial charge < -0.3 is 0 Å². The fourth-order valence-corrected chi connectivity index (χ4v) is 0. The van der Waals surface area contributed by atoms with E-state index in [1.165, 1.54) is 0 Å². The Morgan fingerprint density at radius 3 is 1.00 bits per heavy atom. The molecule has 0 saturated heterocycles. The summed E-state index contributed by atoms with van der Waals surface area (Å²) in [5, 5.41) is 0. The van der Waals surface area contributed by atoms with Crippen LogP contribution in [0.4, 0.5) is 0 Å². The van der Waals surface area contributed by atoms with Crippen LogP contribution in [0.2, 0.25) is 0 Å². The topological polar surface area (TPSA) is 0 Å². The molecule has 0 aliphatic carbocycles. The molecule has 0 nitrogen and oxygen atoms in total. The molecule has 7 heteroatoms. The molecule has 0 amide bonds. The molecule has 2 radical (unpaired) electrons. The smallest absolute Gasteiger partial charge is 0 e. The largest absolute Gasteiger partial charge is 0 e. The summed E-state index contributed by atoms with van der Waals surface area (Å²) in [6, 6.07) is 0. The van der Waals surface area contributed by atoms with Crippen molar-refractivity contribution in [1.29, 1.82) is 0 Å². The Balaban J connectivity index is 0. The van der Waals surface area contributed by atoms with Crippen LogP contribution in [-0.4, -0.2) is 0 Å². The second kappa shape index (κ2) is 46.8. The Morgan fingerprint density at radius 2 is 1.00 bits per heavy atom. The van der Waals surface area contributed by atoms with Gasteiger partial charge in [0.15, 0.2) is 0 Å². The van der Waals surface area contributed by atoms with Crippen molar-refractivity contribution in [3.05, 3.63) is 0 Å². The fraction of sp³-hybridized carbons (Fsp3) is 0. The first-order valence-electron chi connectivity index (χ1n) is 0. The van der Waals surface area contributed by atoms with E-state index in [0.717, 1.165) is 0 Å². The summed E-state index contributed by atoms with van der Waals surface area (Å²) < 4.78 is 0. The zero-order chi connectivity index (χ0) is 0. The van der Waals surface area contributed by atoms with E-state index in [-0.39, 0.29) is 141 Å². The Morgan fingerprint density at radius 1 is 1.00 bits per heavy atom. The van der Waals surface area contributed by atoms with E-state index in [1.807, 2.05) is 0 Å². The van der Waals surface area contributed by atoms with Gasteiger partial charge in [-0.2, -0.15) is 0 Å². The minimum atomic E-state index is 0. The van der Waals surface area contributed by atoms with Gasteiger partial charge in [0.1, 0.15) is 0 Å². The quantitative estimate of drug-likeness (QED) is 0.370. The van der Waals surface area contributed by atoms with Gasteiger partial charge >= 0.3 is 0 Å². The first kappa shape index (κ1) is 62.5. The molecule has 0 N–H and O–H groups in total. The third kappa shape index (κ3) is 37.4. The van der Waals surface area contributed by atoms with Crippen molar-refractivity contribution >= 4 is 0 Å². The molecule has 0 heterocycles. The molecular formula is CoCuFeHfNiTiZr. The number of hydrogen-bond acceptors (Lipinski definition) is 0. The zero-order valence-corrected chi connectivity index (χ0v) is 14.5. The summed E-state index contributed by atoms with van der Waals surface area (Å²) in [6.07, 6.45) is 0. The molecule has 0 saturated carbocycles. The van der Waals surface area contributed by atoms with Crippen LogP contribution in [-0.2, 0) is 141 Å². The van der Waals surface area contributed by atoms with E-state index in [1.54, 1.807) is 0 Å². The Kier molecular flexibility index (Phi) is 418. The Bertz CT molecular complexity index is 19.7. The average molecular weight is 555 g/mol. The van der Waals surface area contributed by atoms with E-state index in [0.29, 0.717) is 0 Å². The SMILES string of the molecule is [Co].[Cu].[Fe].[Hf].[Ni].[Ti].[Zr]. The summed E-state index contributed by atoms with van der Waals surface area (Å²) in [5.41, 5.74) is 0. The summed E-state index contributed by atoms with van der Waals surface area (Å²) in [6.45, 7) is 0. The van der Waals surface area contributed by atoms with Gasteiger partial charge in [-0.25, -0.2) is 0 Å². The Labute approximate surface area is 138 Å². The van der Waals surface area contributed by atoms with Crippen molar-refractivity contribution in [3.8, 4) is 0 Å². The van der Waals surface area contributed by atoms with Crippen LogP contribution in [0, 0.1) is 0 Å². The first-order chi connectivity index (χ1) is 0. The minimum Gasteiger partial charge on any atom is 0 e. The summed E-state index contributed by atoms with van der Waals surface area (Å²) >= 11 is 0. The van der Waals surface area contributed by atoms with Gasteiger partial charge in [0.05, 0.1) is 0 Å². The van der Waals surface area contributed by atoms with Crippen LogP contribution in [0.25, 0.3) is 0 Å². The summed E-state index contributed by atoms with van der Waals surface area (Å²) in [7, 11) is 0. The number of rotatable bonds is 0. The van der Waals surface area contributed by atoms with E-state index in [9.17, 15) is 0 Å². The molecule has 0 atom stereocenters. The van der Waals surface area contributed by atoms with Gasteiger partial charge in [-0.15, -0.1) is 0 Å². The average Bonchev–Trinajstić information content (AvgIpc) is 0. The maximum atomic E-state index is 0. The molecule has 0 fully saturated rings. The van der Waals surface area contributed by atoms with Crippen LogP contribution in [0.1, 0.15) is 0 Å². The van der Waals surface area contributed by atoms with E-state index in [4.69, 9.17) is 0 Å². The van der Waals surface area contributed by atoms with Crippen molar-refractivity contribution < 1.29 is 141 Å². The van der Waals surface area contributed by atoms with Crippen LogP contribution in [0.3, 0.4) is 0 Å². The van der Waals surface area contributed by atoms with Crippen molar-refractivity contribution in [1.82, 2.24) is 0 Å². The maximum absolute atomic E-state index is 0. The van der Waals surface area contributed by atoms with Crippen molar-refractivity contribution in [2.24, 2.45) is 0 Å². The normalized spacial score (nSPS) is 0. The molecule has 0 aliphatic heterocycles. The molecule has 0 aromatic heterocycles. The van der Waals surface area contributed by atoms with E-state index >= 15 is 0 Å². The van der Waals surface area contributed by atoms with Gasteiger partial charge in [-0.1, -0.05) is 0 Å². The fourth-order valence-electron chi connectivity index (χ4n) is 0. The second-order valence-corrected chi connectivity index (χ2v) is 0. The van der Waals surface area contributed by atoms with Gasteiger partial charge in [-0.05, 0) is 0 Å². The second-order valence-electron chi connectivity index (χ2n) is 0. The summed E-state index contributed by atoms with van der Waals surface area (Å²) in [4.78, 5) is 0. The van der Waals surface area contributed by atoms with Gasteiger partial charge in [0.25, 0.3) is 0 Å². The third-order valence-electron chi connectivity index (χ3n) is 0. The van der Waals surface area contributed by atoms with Crippen LogP contribution in [0.15, 0.2) is 0 Å². The number of hydrogen-bond donors (Lipinski definition) is 0. The molecule has 0 unspecified atom stereocenters. The van der Waals surface area contributed by atoms with E-state index < -0.39 is 0 Å². The predicted octanol–water partition coefficient (Wildman–Crippen LogP) is -0.0175. The van der Waals surface area contributed by atoms with Crippen LogP contribution >= 0.6 is 0 Å². The minimum absolute atomic E-state index is 0. The molecule has 0 aromatic rings. The molecule has 7 heavy (non-hydrogen) atoms. The molecular weight excluding hydrogens is 555 g/mol. The van der Waals surface area contributed by atoms with Gasteiger partial charge in [-0.3, -0.25) is 0 Å². The van der Waals surface area contributed by atoms with Crippen molar-refractivity contribution in [3.63, 3.8) is 0 Å². The molecule has 0 aliphatic rings. The molecule has 0 rings (SSSR count). The first-order valence-corrected chi connectivity index (χ1v) is 0. The standard InChI is InChI=1S/Co.Cu.Fe.Hf.Ni.Ti.Zr. The monoisotopic (exact) mass is 554 g/mol.